The van der Waals surface area contributed by atoms with E-state index in [1.807, 2.05) is 0 Å². The lowest BCUT2D eigenvalue weighted by molar-refractivity contribution is -0.124. The van der Waals surface area contributed by atoms with E-state index in [-0.39, 0.29) is 53.7 Å². The van der Waals surface area contributed by atoms with Gasteiger partial charge in [-0.3, -0.25) is 14.4 Å². The van der Waals surface area contributed by atoms with Gasteiger partial charge in [0.2, 0.25) is 5.91 Å². The fourth-order valence-electron chi connectivity index (χ4n) is 3.70. The summed E-state index contributed by atoms with van der Waals surface area (Å²) in [5, 5.41) is 5.81. The molecule has 0 atom stereocenters. The Bertz CT molecular complexity index is 1380. The molecule has 0 spiro atoms. The third kappa shape index (κ3) is 6.29. The first-order chi connectivity index (χ1) is 17.6. The molecule has 0 radical (unpaired) electrons. The number of ether oxygens (including phenoxy) is 1. The molecule has 3 amide bonds. The third-order valence-electron chi connectivity index (χ3n) is 5.77. The van der Waals surface area contributed by atoms with Gasteiger partial charge >= 0.3 is 0 Å². The van der Waals surface area contributed by atoms with Crippen molar-refractivity contribution in [2.45, 2.75) is 26.9 Å². The fourth-order valence-corrected chi connectivity index (χ4v) is 4.23. The lowest BCUT2D eigenvalue weighted by atomic mass is 10.1. The second-order valence-corrected chi connectivity index (χ2v) is 10.2. The molecule has 2 N–H and O–H groups in total. The molecule has 3 aromatic carbocycles. The zero-order chi connectivity index (χ0) is 26.7. The lowest BCUT2D eigenvalue weighted by Gasteiger charge is -2.29. The van der Waals surface area contributed by atoms with Crippen molar-refractivity contribution >= 4 is 50.9 Å². The molecule has 192 valence electrons. The van der Waals surface area contributed by atoms with E-state index in [2.05, 4.69) is 26.6 Å². The van der Waals surface area contributed by atoms with Crippen molar-refractivity contribution < 1.29 is 23.5 Å². The van der Waals surface area contributed by atoms with Gasteiger partial charge in [-0.1, -0.05) is 53.5 Å². The Morgan fingerprint density at radius 1 is 1.14 bits per heavy atom. The molecule has 1 aliphatic heterocycles. The topological polar surface area (TPSA) is 87.7 Å². The van der Waals surface area contributed by atoms with Crippen LogP contribution in [0.2, 0.25) is 5.02 Å². The Hall–Kier alpha value is -3.43. The molecular formula is C27H24BrClFN3O4. The van der Waals surface area contributed by atoms with Gasteiger partial charge in [-0.05, 0) is 48.0 Å². The number of hydrogen-bond acceptors (Lipinski definition) is 4. The van der Waals surface area contributed by atoms with E-state index in [1.54, 1.807) is 56.3 Å². The number of rotatable bonds is 7. The van der Waals surface area contributed by atoms with E-state index in [0.29, 0.717) is 27.0 Å². The van der Waals surface area contributed by atoms with Crippen molar-refractivity contribution in [3.63, 3.8) is 0 Å². The predicted molar refractivity (Wildman–Crippen MR) is 142 cm³/mol. The number of nitrogens with zero attached hydrogens (tertiary/aromatic N) is 1. The molecule has 0 aliphatic carbocycles. The summed E-state index contributed by atoms with van der Waals surface area (Å²) < 4.78 is 20.6. The Morgan fingerprint density at radius 3 is 2.65 bits per heavy atom. The minimum atomic E-state index is -0.472. The number of hydrogen-bond donors (Lipinski definition) is 2. The van der Waals surface area contributed by atoms with Gasteiger partial charge in [0, 0.05) is 28.2 Å². The molecule has 10 heteroatoms. The first kappa shape index (κ1) is 26.6. The molecular weight excluding hydrogens is 565 g/mol. The normalized spacial score (nSPS) is 12.7. The summed E-state index contributed by atoms with van der Waals surface area (Å²) >= 11 is 9.49. The quantitative estimate of drug-likeness (QED) is 0.368. The van der Waals surface area contributed by atoms with Crippen LogP contribution in [-0.2, 0) is 17.9 Å². The SMILES string of the molecule is CC(C)C(=O)NCc1ccc(Cl)c(C(=O)Nc2ccc3c(c2)C(=O)N(Cc2ccc(Br)cc2F)CO3)c1. The van der Waals surface area contributed by atoms with Crippen molar-refractivity contribution in [3.05, 3.63) is 92.2 Å². The highest BCUT2D eigenvalue weighted by Gasteiger charge is 2.27. The number of benzene rings is 3. The van der Waals surface area contributed by atoms with Gasteiger partial charge in [-0.2, -0.15) is 0 Å². The first-order valence-corrected chi connectivity index (χ1v) is 12.7. The smallest absolute Gasteiger partial charge is 0.260 e. The molecule has 1 heterocycles. The minimum Gasteiger partial charge on any atom is -0.472 e. The highest BCUT2D eigenvalue weighted by Crippen LogP contribution is 2.30. The van der Waals surface area contributed by atoms with Crippen LogP contribution < -0.4 is 15.4 Å². The number of nitrogens with one attached hydrogen (secondary N) is 2. The van der Waals surface area contributed by atoms with E-state index in [0.717, 1.165) is 0 Å². The standard InChI is InChI=1S/C27H24BrClFN3O4/c1-15(2)25(34)31-12-16-3-7-22(29)20(9-16)26(35)32-19-6-8-24-21(11-19)27(36)33(14-37-24)13-17-4-5-18(28)10-23(17)30/h3-11,15H,12-14H2,1-2H3,(H,31,34)(H,32,35). The lowest BCUT2D eigenvalue weighted by Crippen LogP contribution is -2.38. The summed E-state index contributed by atoms with van der Waals surface area (Å²) in [6.45, 7) is 3.85. The van der Waals surface area contributed by atoms with Crippen LogP contribution in [-0.4, -0.2) is 29.4 Å². The summed E-state index contributed by atoms with van der Waals surface area (Å²) in [6.07, 6.45) is 0. The third-order valence-corrected chi connectivity index (χ3v) is 6.60. The molecule has 0 aromatic heterocycles. The summed E-state index contributed by atoms with van der Waals surface area (Å²) in [7, 11) is 0. The molecule has 0 unspecified atom stereocenters. The van der Waals surface area contributed by atoms with Crippen LogP contribution in [0.1, 0.15) is 45.7 Å². The second-order valence-electron chi connectivity index (χ2n) is 8.86. The summed E-state index contributed by atoms with van der Waals surface area (Å²) in [5.74, 6) is -1.14. The van der Waals surface area contributed by atoms with E-state index in [1.165, 1.54) is 17.0 Å². The molecule has 0 bridgehead atoms. The summed E-state index contributed by atoms with van der Waals surface area (Å²) in [6, 6.07) is 14.3. The highest BCUT2D eigenvalue weighted by atomic mass is 79.9. The Kier molecular flexibility index (Phi) is 8.14. The van der Waals surface area contributed by atoms with Crippen molar-refractivity contribution in [2.75, 3.05) is 12.0 Å². The molecule has 1 aliphatic rings. The Balaban J connectivity index is 1.48. The van der Waals surface area contributed by atoms with Gasteiger partial charge in [-0.15, -0.1) is 0 Å². The predicted octanol–water partition coefficient (Wildman–Crippen LogP) is 5.76. The summed E-state index contributed by atoms with van der Waals surface area (Å²) in [4.78, 5) is 39.4. The van der Waals surface area contributed by atoms with Crippen LogP contribution in [0.5, 0.6) is 5.75 Å². The minimum absolute atomic E-state index is 0.0250. The van der Waals surface area contributed by atoms with Crippen LogP contribution in [0, 0.1) is 11.7 Å². The van der Waals surface area contributed by atoms with Gasteiger partial charge in [0.1, 0.15) is 11.6 Å². The van der Waals surface area contributed by atoms with Gasteiger partial charge in [-0.25, -0.2) is 4.39 Å². The molecule has 7 nitrogen and oxygen atoms in total. The largest absolute Gasteiger partial charge is 0.472 e. The number of carbonyl (C=O) groups excluding carboxylic acids is 3. The number of fused-ring (bicyclic) bond motifs is 1. The Morgan fingerprint density at radius 2 is 1.92 bits per heavy atom. The molecule has 0 saturated heterocycles. The van der Waals surface area contributed by atoms with E-state index in [9.17, 15) is 18.8 Å². The average Bonchev–Trinajstić information content (AvgIpc) is 2.86. The van der Waals surface area contributed by atoms with Gasteiger partial charge in [0.15, 0.2) is 6.73 Å². The number of carbonyl (C=O) groups is 3. The number of amides is 3. The molecule has 4 rings (SSSR count). The maximum absolute atomic E-state index is 14.3. The maximum Gasteiger partial charge on any atom is 0.260 e. The van der Waals surface area contributed by atoms with Crippen molar-refractivity contribution in [1.29, 1.82) is 0 Å². The molecule has 3 aromatic rings. The van der Waals surface area contributed by atoms with Crippen LogP contribution >= 0.6 is 27.5 Å². The van der Waals surface area contributed by atoms with E-state index >= 15 is 0 Å². The van der Waals surface area contributed by atoms with Crippen molar-refractivity contribution in [1.82, 2.24) is 10.2 Å². The average molecular weight is 589 g/mol. The van der Waals surface area contributed by atoms with Gasteiger partial charge < -0.3 is 20.3 Å². The van der Waals surface area contributed by atoms with E-state index < -0.39 is 11.7 Å². The molecule has 37 heavy (non-hydrogen) atoms. The van der Waals surface area contributed by atoms with Gasteiger partial charge in [0.05, 0.1) is 22.7 Å². The first-order valence-electron chi connectivity index (χ1n) is 11.5. The van der Waals surface area contributed by atoms with Crippen LogP contribution in [0.3, 0.4) is 0 Å². The van der Waals surface area contributed by atoms with Crippen LogP contribution in [0.25, 0.3) is 0 Å². The number of anilines is 1. The zero-order valence-corrected chi connectivity index (χ0v) is 22.5. The monoisotopic (exact) mass is 587 g/mol. The van der Waals surface area contributed by atoms with Crippen molar-refractivity contribution in [2.24, 2.45) is 5.92 Å². The zero-order valence-electron chi connectivity index (χ0n) is 20.1. The van der Waals surface area contributed by atoms with Gasteiger partial charge in [0.25, 0.3) is 11.8 Å². The van der Waals surface area contributed by atoms with Crippen molar-refractivity contribution in [3.8, 4) is 5.75 Å². The maximum atomic E-state index is 14.3. The van der Waals surface area contributed by atoms with E-state index in [4.69, 9.17) is 16.3 Å². The Labute approximate surface area is 227 Å². The molecule has 0 saturated carbocycles. The number of halogens is 3. The highest BCUT2D eigenvalue weighted by molar-refractivity contribution is 9.10. The molecule has 0 fully saturated rings. The second kappa shape index (κ2) is 11.3. The van der Waals surface area contributed by atoms with Crippen LogP contribution in [0.15, 0.2) is 59.1 Å². The fraction of sp³-hybridized carbons (Fsp3) is 0.222. The summed E-state index contributed by atoms with van der Waals surface area (Å²) in [5.41, 5.74) is 1.91. The van der Waals surface area contributed by atoms with Crippen LogP contribution in [0.4, 0.5) is 10.1 Å².